The van der Waals surface area contributed by atoms with Gasteiger partial charge < -0.3 is 10.1 Å². The lowest BCUT2D eigenvalue weighted by atomic mass is 10.1. The molecule has 0 saturated carbocycles. The molecule has 0 fully saturated rings. The van der Waals surface area contributed by atoms with E-state index < -0.39 is 12.5 Å². The molecule has 25 heavy (non-hydrogen) atoms. The van der Waals surface area contributed by atoms with Crippen molar-refractivity contribution in [2.45, 2.75) is 6.61 Å². The van der Waals surface area contributed by atoms with Crippen LogP contribution in [-0.4, -0.2) is 24.4 Å². The Hall–Kier alpha value is -2.51. The van der Waals surface area contributed by atoms with Crippen molar-refractivity contribution in [3.63, 3.8) is 0 Å². The van der Waals surface area contributed by atoms with E-state index >= 15 is 0 Å². The largest absolute Gasteiger partial charge is 0.435 e. The molecule has 1 N–H and O–H groups in total. The number of anilines is 1. The van der Waals surface area contributed by atoms with Crippen LogP contribution in [0.25, 0.3) is 0 Å². The normalized spacial score (nSPS) is 15.1. The molecular weight excluding hydrogens is 375 g/mol. The maximum atomic E-state index is 12.1. The SMILES string of the molecule is O=C1Nc2c(Cl)cc(Cl)cc2/C1=N/N=C\c1ccc(OC(F)F)cc1. The first-order valence-corrected chi connectivity index (χ1v) is 7.66. The number of benzene rings is 2. The number of carbonyl (C=O) groups is 1. The van der Waals surface area contributed by atoms with E-state index in [9.17, 15) is 13.6 Å². The molecule has 1 aliphatic rings. The van der Waals surface area contributed by atoms with Crippen LogP contribution in [0.3, 0.4) is 0 Å². The zero-order chi connectivity index (χ0) is 18.0. The quantitative estimate of drug-likeness (QED) is 0.629. The number of nitrogens with one attached hydrogen (secondary N) is 1. The average Bonchev–Trinajstić information content (AvgIpc) is 2.85. The average molecular weight is 384 g/mol. The van der Waals surface area contributed by atoms with Crippen LogP contribution in [0.4, 0.5) is 14.5 Å². The van der Waals surface area contributed by atoms with Gasteiger partial charge in [-0.1, -0.05) is 23.2 Å². The number of alkyl halides is 2. The van der Waals surface area contributed by atoms with E-state index in [2.05, 4.69) is 20.3 Å². The van der Waals surface area contributed by atoms with E-state index in [1.54, 1.807) is 6.07 Å². The lowest BCUT2D eigenvalue weighted by Gasteiger charge is -2.03. The topological polar surface area (TPSA) is 63.0 Å². The number of ether oxygens (including phenoxy) is 1. The number of halogens is 4. The Morgan fingerprint density at radius 3 is 2.56 bits per heavy atom. The Labute approximate surface area is 150 Å². The van der Waals surface area contributed by atoms with Crippen molar-refractivity contribution >= 4 is 46.7 Å². The molecular formula is C16H9Cl2F2N3O2. The number of nitrogens with zero attached hydrogens (tertiary/aromatic N) is 2. The van der Waals surface area contributed by atoms with Crippen LogP contribution >= 0.6 is 23.2 Å². The molecule has 0 atom stereocenters. The smallest absolute Gasteiger partial charge is 0.387 e. The number of fused-ring (bicyclic) bond motifs is 1. The van der Waals surface area contributed by atoms with Crippen molar-refractivity contribution in [2.24, 2.45) is 10.2 Å². The van der Waals surface area contributed by atoms with E-state index in [-0.39, 0.29) is 11.5 Å². The third kappa shape index (κ3) is 3.94. The highest BCUT2D eigenvalue weighted by Crippen LogP contribution is 2.34. The van der Waals surface area contributed by atoms with Gasteiger partial charge in [0.25, 0.3) is 5.91 Å². The second-order valence-electron chi connectivity index (χ2n) is 4.91. The van der Waals surface area contributed by atoms with Crippen molar-refractivity contribution in [1.82, 2.24) is 0 Å². The summed E-state index contributed by atoms with van der Waals surface area (Å²) in [4.78, 5) is 12.0. The van der Waals surface area contributed by atoms with Crippen LogP contribution in [0.1, 0.15) is 11.1 Å². The Balaban J connectivity index is 1.81. The highest BCUT2D eigenvalue weighted by atomic mass is 35.5. The molecule has 0 aliphatic carbocycles. The highest BCUT2D eigenvalue weighted by Gasteiger charge is 2.28. The van der Waals surface area contributed by atoms with Gasteiger partial charge in [0.2, 0.25) is 0 Å². The van der Waals surface area contributed by atoms with Gasteiger partial charge in [-0.25, -0.2) is 0 Å². The predicted molar refractivity (Wildman–Crippen MR) is 92.3 cm³/mol. The second-order valence-corrected chi connectivity index (χ2v) is 5.75. The van der Waals surface area contributed by atoms with Crippen LogP contribution in [0.5, 0.6) is 5.75 Å². The third-order valence-corrected chi connectivity index (χ3v) is 3.75. The van der Waals surface area contributed by atoms with Crippen molar-refractivity contribution in [3.8, 4) is 5.75 Å². The van der Waals surface area contributed by atoms with Gasteiger partial charge in [-0.15, -0.1) is 5.10 Å². The van der Waals surface area contributed by atoms with Crippen molar-refractivity contribution in [2.75, 3.05) is 5.32 Å². The molecule has 2 aromatic rings. The van der Waals surface area contributed by atoms with Gasteiger partial charge in [-0.05, 0) is 42.0 Å². The molecule has 0 spiro atoms. The Kier molecular flexibility index (Phi) is 4.96. The minimum absolute atomic E-state index is 0.0341. The summed E-state index contributed by atoms with van der Waals surface area (Å²) in [6.45, 7) is -2.88. The van der Waals surface area contributed by atoms with E-state index in [1.807, 2.05) is 0 Å². The van der Waals surface area contributed by atoms with Gasteiger partial charge >= 0.3 is 6.61 Å². The lowest BCUT2D eigenvalue weighted by molar-refractivity contribution is -0.110. The van der Waals surface area contributed by atoms with Gasteiger partial charge in [0.05, 0.1) is 16.9 Å². The summed E-state index contributed by atoms with van der Waals surface area (Å²) in [5, 5.41) is 11.0. The number of amides is 1. The standard InChI is InChI=1S/C16H9Cl2F2N3O2/c17-9-5-11-13(12(18)6-9)22-15(24)14(11)23-21-7-8-1-3-10(4-2-8)25-16(19)20/h1-7,16H,(H,22,23,24)/b21-7-. The summed E-state index contributed by atoms with van der Waals surface area (Å²) in [6, 6.07) is 8.87. The summed E-state index contributed by atoms with van der Waals surface area (Å²) in [5.41, 5.74) is 1.56. The molecule has 1 amide bonds. The molecule has 0 saturated heterocycles. The lowest BCUT2D eigenvalue weighted by Crippen LogP contribution is -2.13. The van der Waals surface area contributed by atoms with Gasteiger partial charge in [-0.2, -0.15) is 13.9 Å². The van der Waals surface area contributed by atoms with Gasteiger partial charge in [0.15, 0.2) is 5.71 Å². The predicted octanol–water partition coefficient (Wildman–Crippen LogP) is 4.37. The third-order valence-electron chi connectivity index (χ3n) is 3.23. The summed E-state index contributed by atoms with van der Waals surface area (Å²) in [7, 11) is 0. The second kappa shape index (κ2) is 7.16. The molecule has 0 aromatic heterocycles. The number of hydrogen-bond acceptors (Lipinski definition) is 4. The Morgan fingerprint density at radius 2 is 1.88 bits per heavy atom. The van der Waals surface area contributed by atoms with E-state index in [0.29, 0.717) is 26.9 Å². The summed E-state index contributed by atoms with van der Waals surface area (Å²) in [5.74, 6) is -0.413. The monoisotopic (exact) mass is 383 g/mol. The summed E-state index contributed by atoms with van der Waals surface area (Å²) < 4.78 is 28.4. The molecule has 0 unspecified atom stereocenters. The van der Waals surface area contributed by atoms with Crippen molar-refractivity contribution < 1.29 is 18.3 Å². The van der Waals surface area contributed by atoms with Crippen LogP contribution in [-0.2, 0) is 4.79 Å². The van der Waals surface area contributed by atoms with Crippen molar-refractivity contribution in [3.05, 3.63) is 57.6 Å². The molecule has 3 rings (SSSR count). The van der Waals surface area contributed by atoms with E-state index in [0.717, 1.165) is 0 Å². The first kappa shape index (κ1) is 17.3. The number of rotatable bonds is 4. The number of hydrogen-bond donors (Lipinski definition) is 1. The first-order chi connectivity index (χ1) is 11.9. The zero-order valence-corrected chi connectivity index (χ0v) is 13.9. The van der Waals surface area contributed by atoms with Crippen molar-refractivity contribution in [1.29, 1.82) is 0 Å². The first-order valence-electron chi connectivity index (χ1n) is 6.90. The zero-order valence-electron chi connectivity index (χ0n) is 12.3. The van der Waals surface area contributed by atoms with Gasteiger partial charge in [0.1, 0.15) is 5.75 Å². The Bertz CT molecular complexity index is 884. The van der Waals surface area contributed by atoms with Crippen LogP contribution in [0.2, 0.25) is 10.0 Å². The molecule has 1 heterocycles. The van der Waals surface area contributed by atoms with E-state index in [4.69, 9.17) is 23.2 Å². The molecule has 128 valence electrons. The fourth-order valence-corrected chi connectivity index (χ4v) is 2.71. The van der Waals surface area contributed by atoms with Crippen LogP contribution < -0.4 is 10.1 Å². The van der Waals surface area contributed by atoms with Gasteiger partial charge in [-0.3, -0.25) is 4.79 Å². The highest BCUT2D eigenvalue weighted by molar-refractivity contribution is 6.56. The summed E-state index contributed by atoms with van der Waals surface area (Å²) in [6.07, 6.45) is 1.37. The van der Waals surface area contributed by atoms with E-state index in [1.165, 1.54) is 36.5 Å². The maximum Gasteiger partial charge on any atom is 0.387 e. The van der Waals surface area contributed by atoms with Gasteiger partial charge in [0, 0.05) is 10.6 Å². The van der Waals surface area contributed by atoms with Crippen LogP contribution in [0.15, 0.2) is 46.6 Å². The summed E-state index contributed by atoms with van der Waals surface area (Å²) >= 11 is 12.0. The maximum absolute atomic E-state index is 12.1. The minimum Gasteiger partial charge on any atom is -0.435 e. The molecule has 0 radical (unpaired) electrons. The van der Waals surface area contributed by atoms with Crippen LogP contribution in [0, 0.1) is 0 Å². The molecule has 1 aliphatic heterocycles. The fraction of sp³-hybridized carbons (Fsp3) is 0.0625. The Morgan fingerprint density at radius 1 is 1.16 bits per heavy atom. The molecule has 5 nitrogen and oxygen atoms in total. The molecule has 9 heteroatoms. The fourth-order valence-electron chi connectivity index (χ4n) is 2.17. The number of carbonyl (C=O) groups excluding carboxylic acids is 1. The molecule has 0 bridgehead atoms. The molecule has 2 aromatic carbocycles. The minimum atomic E-state index is -2.88.